The SMILES string of the molecule is C1=C/CCCCCCC(/C2=C/C=C\CCCCCC2)=C\1. The first-order valence-corrected chi connectivity index (χ1v) is 8.68. The number of hydrogen-bond acceptors (Lipinski definition) is 0. The maximum Gasteiger partial charge on any atom is -0.0276 e. The van der Waals surface area contributed by atoms with E-state index in [2.05, 4.69) is 36.5 Å². The summed E-state index contributed by atoms with van der Waals surface area (Å²) < 4.78 is 0. The summed E-state index contributed by atoms with van der Waals surface area (Å²) in [4.78, 5) is 0. The standard InChI is InChI=1S/C20H30/c1-3-7-11-15-19(16-12-8-4-1)20-17-13-9-5-2-6-10-14-18-20/h7,9,11,13,15,17H,1-6,8,10,12,14,16,18H2/b11-7-,13-9-,19-15+,20-17+. The maximum absolute atomic E-state index is 2.39. The highest BCUT2D eigenvalue weighted by molar-refractivity contribution is 5.36. The lowest BCUT2D eigenvalue weighted by molar-refractivity contribution is 0.628. The predicted octanol–water partition coefficient (Wildman–Crippen LogP) is 6.66. The monoisotopic (exact) mass is 270 g/mol. The van der Waals surface area contributed by atoms with E-state index in [9.17, 15) is 0 Å². The first kappa shape index (κ1) is 15.4. The van der Waals surface area contributed by atoms with Crippen LogP contribution in [0.25, 0.3) is 0 Å². The molecule has 0 N–H and O–H groups in total. The molecule has 110 valence electrons. The van der Waals surface area contributed by atoms with Crippen LogP contribution in [-0.4, -0.2) is 0 Å². The molecule has 0 nitrogen and oxygen atoms in total. The van der Waals surface area contributed by atoms with Crippen molar-refractivity contribution < 1.29 is 0 Å². The lowest BCUT2D eigenvalue weighted by Crippen LogP contribution is -1.94. The minimum absolute atomic E-state index is 1.25. The second-order valence-electron chi connectivity index (χ2n) is 6.15. The average molecular weight is 270 g/mol. The van der Waals surface area contributed by atoms with Crippen molar-refractivity contribution in [1.29, 1.82) is 0 Å². The van der Waals surface area contributed by atoms with Crippen LogP contribution in [0.2, 0.25) is 0 Å². The summed E-state index contributed by atoms with van der Waals surface area (Å²) in [7, 11) is 0. The van der Waals surface area contributed by atoms with Crippen LogP contribution in [0, 0.1) is 0 Å². The van der Waals surface area contributed by atoms with Gasteiger partial charge in [0.2, 0.25) is 0 Å². The molecular weight excluding hydrogens is 240 g/mol. The fourth-order valence-corrected chi connectivity index (χ4v) is 3.13. The fourth-order valence-electron chi connectivity index (χ4n) is 3.13. The summed E-state index contributed by atoms with van der Waals surface area (Å²) in [6, 6.07) is 0. The molecule has 0 aromatic heterocycles. The van der Waals surface area contributed by atoms with E-state index in [1.165, 1.54) is 77.0 Å². The largest absolute Gasteiger partial charge is 0.0845 e. The molecule has 0 radical (unpaired) electrons. The van der Waals surface area contributed by atoms with Gasteiger partial charge < -0.3 is 0 Å². The normalized spacial score (nSPS) is 31.2. The van der Waals surface area contributed by atoms with Crippen LogP contribution >= 0.6 is 0 Å². The van der Waals surface area contributed by atoms with Crippen LogP contribution in [-0.2, 0) is 0 Å². The average Bonchev–Trinajstić information content (AvgIpc) is 2.50. The molecule has 0 unspecified atom stereocenters. The van der Waals surface area contributed by atoms with Crippen molar-refractivity contribution in [2.45, 2.75) is 77.0 Å². The van der Waals surface area contributed by atoms with Crippen LogP contribution in [0.4, 0.5) is 0 Å². The zero-order valence-electron chi connectivity index (χ0n) is 12.9. The number of hydrogen-bond donors (Lipinski definition) is 0. The van der Waals surface area contributed by atoms with E-state index in [0.29, 0.717) is 0 Å². The Labute approximate surface area is 125 Å². The zero-order chi connectivity index (χ0) is 13.9. The first-order valence-electron chi connectivity index (χ1n) is 8.68. The minimum Gasteiger partial charge on any atom is -0.0845 e. The van der Waals surface area contributed by atoms with Gasteiger partial charge in [0, 0.05) is 0 Å². The van der Waals surface area contributed by atoms with Crippen LogP contribution in [0.1, 0.15) is 77.0 Å². The van der Waals surface area contributed by atoms with E-state index in [4.69, 9.17) is 0 Å². The van der Waals surface area contributed by atoms with Gasteiger partial charge in [0.1, 0.15) is 0 Å². The third-order valence-electron chi connectivity index (χ3n) is 4.41. The molecule has 0 saturated heterocycles. The molecule has 2 aliphatic carbocycles. The molecule has 0 bridgehead atoms. The Hall–Kier alpha value is -1.04. The topological polar surface area (TPSA) is 0 Å². The Bertz CT molecular complexity index is 341. The summed E-state index contributed by atoms with van der Waals surface area (Å²) in [6.07, 6.45) is 30.2. The highest BCUT2D eigenvalue weighted by atomic mass is 14.1. The van der Waals surface area contributed by atoms with E-state index in [-0.39, 0.29) is 0 Å². The molecule has 0 aromatic rings. The van der Waals surface area contributed by atoms with E-state index in [1.54, 1.807) is 11.1 Å². The lowest BCUT2D eigenvalue weighted by Gasteiger charge is -2.13. The third-order valence-corrected chi connectivity index (χ3v) is 4.41. The van der Waals surface area contributed by atoms with Crippen molar-refractivity contribution in [3.63, 3.8) is 0 Å². The van der Waals surface area contributed by atoms with Crippen LogP contribution in [0.3, 0.4) is 0 Å². The first-order chi connectivity index (χ1) is 9.97. The van der Waals surface area contributed by atoms with E-state index >= 15 is 0 Å². The van der Waals surface area contributed by atoms with Gasteiger partial charge in [0.25, 0.3) is 0 Å². The van der Waals surface area contributed by atoms with Crippen molar-refractivity contribution in [3.8, 4) is 0 Å². The van der Waals surface area contributed by atoms with Gasteiger partial charge in [0.05, 0.1) is 0 Å². The molecule has 0 atom stereocenters. The Morgan fingerprint density at radius 2 is 0.950 bits per heavy atom. The van der Waals surface area contributed by atoms with E-state index in [1.807, 2.05) is 0 Å². The van der Waals surface area contributed by atoms with Crippen LogP contribution < -0.4 is 0 Å². The highest BCUT2D eigenvalue weighted by Gasteiger charge is 2.06. The summed E-state index contributed by atoms with van der Waals surface area (Å²) in [5, 5.41) is 0. The Kier molecular flexibility index (Phi) is 7.52. The van der Waals surface area contributed by atoms with E-state index in [0.717, 1.165) is 0 Å². The molecule has 0 spiro atoms. The Morgan fingerprint density at radius 3 is 1.45 bits per heavy atom. The molecule has 0 aromatic carbocycles. The molecule has 2 aliphatic rings. The summed E-state index contributed by atoms with van der Waals surface area (Å²) >= 11 is 0. The van der Waals surface area contributed by atoms with Gasteiger partial charge in [-0.05, 0) is 62.5 Å². The van der Waals surface area contributed by atoms with Gasteiger partial charge in [-0.25, -0.2) is 0 Å². The minimum atomic E-state index is 1.25. The van der Waals surface area contributed by atoms with E-state index < -0.39 is 0 Å². The second-order valence-corrected chi connectivity index (χ2v) is 6.15. The highest BCUT2D eigenvalue weighted by Crippen LogP contribution is 2.25. The molecule has 0 heteroatoms. The molecule has 0 fully saturated rings. The van der Waals surface area contributed by atoms with Gasteiger partial charge >= 0.3 is 0 Å². The quantitative estimate of drug-likeness (QED) is 0.499. The van der Waals surface area contributed by atoms with Crippen molar-refractivity contribution in [1.82, 2.24) is 0 Å². The predicted molar refractivity (Wildman–Crippen MR) is 89.9 cm³/mol. The van der Waals surface area contributed by atoms with Gasteiger partial charge in [-0.2, -0.15) is 0 Å². The lowest BCUT2D eigenvalue weighted by atomic mass is 9.92. The van der Waals surface area contributed by atoms with Crippen LogP contribution in [0.15, 0.2) is 47.6 Å². The van der Waals surface area contributed by atoms with Gasteiger partial charge in [0.15, 0.2) is 0 Å². The summed E-state index contributed by atoms with van der Waals surface area (Å²) in [5.41, 5.74) is 3.18. The van der Waals surface area contributed by atoms with Crippen molar-refractivity contribution in [2.75, 3.05) is 0 Å². The molecule has 0 saturated carbocycles. The third kappa shape index (κ3) is 5.94. The number of allylic oxidation sites excluding steroid dienone is 8. The zero-order valence-corrected chi connectivity index (χ0v) is 12.9. The molecule has 20 heavy (non-hydrogen) atoms. The Morgan fingerprint density at radius 1 is 0.500 bits per heavy atom. The second kappa shape index (κ2) is 9.80. The van der Waals surface area contributed by atoms with Gasteiger partial charge in [-0.15, -0.1) is 0 Å². The summed E-state index contributed by atoms with van der Waals surface area (Å²) in [5.74, 6) is 0. The number of rotatable bonds is 1. The van der Waals surface area contributed by atoms with Crippen molar-refractivity contribution >= 4 is 0 Å². The van der Waals surface area contributed by atoms with Gasteiger partial charge in [-0.3, -0.25) is 0 Å². The fraction of sp³-hybridized carbons (Fsp3) is 0.600. The molecule has 0 aliphatic heterocycles. The molecule has 0 heterocycles. The van der Waals surface area contributed by atoms with Crippen molar-refractivity contribution in [3.05, 3.63) is 47.6 Å². The Balaban J connectivity index is 2.09. The maximum atomic E-state index is 2.39. The smallest absolute Gasteiger partial charge is 0.0276 e. The molecular formula is C20H30. The van der Waals surface area contributed by atoms with Crippen LogP contribution in [0.5, 0.6) is 0 Å². The molecule has 2 rings (SSSR count). The van der Waals surface area contributed by atoms with Gasteiger partial charge in [-0.1, -0.05) is 62.1 Å². The summed E-state index contributed by atoms with van der Waals surface area (Å²) in [6.45, 7) is 0. The molecule has 0 amide bonds. The van der Waals surface area contributed by atoms with Crippen molar-refractivity contribution in [2.24, 2.45) is 0 Å².